The first-order valence-corrected chi connectivity index (χ1v) is 31.9. The summed E-state index contributed by atoms with van der Waals surface area (Å²) >= 11 is 20.0. The zero-order valence-electron chi connectivity index (χ0n) is 38.4. The fraction of sp³-hybridized carbons (Fsp3) is 0.0175. The molecule has 0 radical (unpaired) electrons. The second-order valence-electron chi connectivity index (χ2n) is 14.6. The molecule has 6 aromatic carbocycles. The monoisotopic (exact) mass is 1420 g/mol. The molecule has 4 aromatic heterocycles. The number of benzene rings is 6. The summed E-state index contributed by atoms with van der Waals surface area (Å²) in [6.07, 6.45) is 10.2. The van der Waals surface area contributed by atoms with Gasteiger partial charge in [-0.05, 0) is 150 Å². The molecule has 0 atom stereocenters. The van der Waals surface area contributed by atoms with Crippen LogP contribution in [0.2, 0.25) is 10.3 Å². The van der Waals surface area contributed by atoms with Crippen molar-refractivity contribution in [2.24, 2.45) is 0 Å². The minimum atomic E-state index is -1.47. The van der Waals surface area contributed by atoms with Crippen LogP contribution in [0.3, 0.4) is 0 Å². The third kappa shape index (κ3) is 22.9. The van der Waals surface area contributed by atoms with Gasteiger partial charge in [-0.2, -0.15) is 0 Å². The van der Waals surface area contributed by atoms with Crippen molar-refractivity contribution in [3.63, 3.8) is 0 Å². The van der Waals surface area contributed by atoms with Crippen LogP contribution in [0.1, 0.15) is 7.43 Å². The predicted molar refractivity (Wildman–Crippen MR) is 333 cm³/mol. The molecule has 2 N–H and O–H groups in total. The number of halogens is 7. The van der Waals surface area contributed by atoms with E-state index < -0.39 is 23.0 Å². The largest absolute Gasteiger partial charge is 0.0622 e. The fourth-order valence-corrected chi connectivity index (χ4v) is 13.1. The van der Waals surface area contributed by atoms with Gasteiger partial charge in [0.05, 0.1) is 0 Å². The van der Waals surface area contributed by atoms with E-state index in [1.165, 1.54) is 50.2 Å². The fourth-order valence-electron chi connectivity index (χ4n) is 6.47. The molecule has 6 nitrogen and oxygen atoms in total. The van der Waals surface area contributed by atoms with Crippen LogP contribution in [0, 0.1) is 3.57 Å². The molecule has 74 heavy (non-hydrogen) atoms. The predicted octanol–water partition coefficient (Wildman–Crippen LogP) is 14.3. The van der Waals surface area contributed by atoms with Crippen LogP contribution in [-0.4, -0.2) is 37.1 Å². The Kier molecular flexibility index (Phi) is 30.8. The summed E-state index contributed by atoms with van der Waals surface area (Å²) in [7, 11) is 7.26. The Morgan fingerprint density at radius 3 is 1.03 bits per heavy atom. The smallest absolute Gasteiger partial charge is 0.0134 e. The Bertz CT molecular complexity index is 2730. The normalized spacial score (nSPS) is 9.93. The van der Waals surface area contributed by atoms with Gasteiger partial charge in [-0.15, -0.1) is 0 Å². The molecule has 10 aromatic rings. The van der Waals surface area contributed by atoms with Crippen molar-refractivity contribution in [2.75, 3.05) is 0 Å². The van der Waals surface area contributed by atoms with E-state index in [4.69, 9.17) is 52.3 Å². The Morgan fingerprint density at radius 1 is 0.432 bits per heavy atom. The van der Waals surface area contributed by atoms with E-state index in [0.29, 0.717) is 10.6 Å². The first-order valence-electron chi connectivity index (χ1n) is 21.7. The van der Waals surface area contributed by atoms with Gasteiger partial charge in [0.2, 0.25) is 0 Å². The van der Waals surface area contributed by atoms with Crippen LogP contribution < -0.4 is 37.3 Å². The molecular weight excluding hydrogens is 1380 g/mol. The van der Waals surface area contributed by atoms with Crippen LogP contribution in [0.5, 0.6) is 0 Å². The molecule has 10 rings (SSSR count). The maximum absolute atomic E-state index is 8.62. The molecule has 4 heterocycles. The maximum atomic E-state index is 8.62. The number of aromatic nitrogens is 4. The topological polar surface area (TPSA) is 92.0 Å². The average molecular weight is 1430 g/mol. The molecule has 0 saturated heterocycles. The van der Waals surface area contributed by atoms with Crippen molar-refractivity contribution in [3.05, 3.63) is 278 Å². The standard InChI is InChI=1S/2C18H15P.C10H6BrClN2.C5H5BClNO2.C5H3BrIN.CH4.2ClH.Pd/c2*1-4-10-16(11-5-1)19(17-12-6-2-7-13-17)18-14-8-3-9-15-18;11-9-3-8(5-13-6-9)7-1-2-14-10(12)4-7;7-5-3-4(6(9)10)1-2-8-5;6-4-1-5(7)3-8-2-4;;;;/h2*1-15H;1-6H;1-3,9-10H;1-3H;1H4;2*1H;/q;;;;;;;;+2/p-2. The summed E-state index contributed by atoms with van der Waals surface area (Å²) in [5.41, 5.74) is 2.38. The maximum Gasteiger partial charge on any atom is -0.0134 e. The van der Waals surface area contributed by atoms with Crippen molar-refractivity contribution >= 4 is 157 Å². The van der Waals surface area contributed by atoms with Gasteiger partial charge in [-0.1, -0.05) is 213 Å². The van der Waals surface area contributed by atoms with Crippen molar-refractivity contribution in [2.45, 2.75) is 7.43 Å². The second kappa shape index (κ2) is 36.3. The van der Waals surface area contributed by atoms with Gasteiger partial charge >= 0.3 is 42.1 Å². The molecule has 380 valence electrons. The summed E-state index contributed by atoms with van der Waals surface area (Å²) < 4.78 is 3.13. The van der Waals surface area contributed by atoms with Crippen molar-refractivity contribution in [1.29, 1.82) is 0 Å². The molecule has 0 aliphatic rings. The summed E-state index contributed by atoms with van der Waals surface area (Å²) in [5, 5.41) is 26.4. The molecule has 0 unspecified atom stereocenters. The van der Waals surface area contributed by atoms with E-state index >= 15 is 0 Å². The summed E-state index contributed by atoms with van der Waals surface area (Å²) in [5.74, 6) is 0. The molecule has 0 fully saturated rings. The van der Waals surface area contributed by atoms with Crippen LogP contribution in [0.4, 0.5) is 0 Å². The van der Waals surface area contributed by atoms with Crippen LogP contribution >= 0.6 is 113 Å². The van der Waals surface area contributed by atoms with Gasteiger partial charge in [0.1, 0.15) is 10.3 Å². The molecule has 0 aliphatic carbocycles. The van der Waals surface area contributed by atoms with E-state index in [0.717, 1.165) is 23.6 Å². The zero-order chi connectivity index (χ0) is 52.0. The molecule has 17 heteroatoms. The van der Waals surface area contributed by atoms with Crippen LogP contribution in [0.15, 0.2) is 265 Å². The number of nitrogens with zero attached hydrogens (tertiary/aromatic N) is 4. The first-order chi connectivity index (χ1) is 35.6. The number of pyridine rings is 4. The molecule has 0 aliphatic heterocycles. The molecular formula is C57H48BBr2Cl4IN4O2P2Pd. The Hall–Kier alpha value is -3.72. The van der Waals surface area contributed by atoms with E-state index in [9.17, 15) is 0 Å². The van der Waals surface area contributed by atoms with E-state index in [-0.39, 0.29) is 28.5 Å². The third-order valence-electron chi connectivity index (χ3n) is 9.57. The minimum Gasteiger partial charge on any atom is -0.0622 e. The number of hydrogen-bond acceptors (Lipinski definition) is 6. The molecule has 0 amide bonds. The molecule has 0 bridgehead atoms. The van der Waals surface area contributed by atoms with Gasteiger partial charge in [0, 0.05) is 55.3 Å². The van der Waals surface area contributed by atoms with Gasteiger partial charge in [-0.3, -0.25) is 9.97 Å². The van der Waals surface area contributed by atoms with Crippen molar-refractivity contribution in [3.8, 4) is 11.1 Å². The molecule has 0 spiro atoms. The SMILES string of the molecule is Brc1cncc(I)c1.C.Clc1cc(-c2cncc(Br)c2)ccn1.OB(O)c1ccnc(Cl)c1.[Cl][Pd][Cl].c1ccc(P(c2ccccc2)c2ccccc2)cc1.c1ccc(P(c2ccccc2)c2ccccc2)cc1. The summed E-state index contributed by atoms with van der Waals surface area (Å²) in [4.78, 5) is 15.6. The summed E-state index contributed by atoms with van der Waals surface area (Å²) in [6.45, 7) is 0. The zero-order valence-corrected chi connectivity index (χ0v) is 50.1. The van der Waals surface area contributed by atoms with Gasteiger partial charge in [0.25, 0.3) is 0 Å². The van der Waals surface area contributed by atoms with E-state index in [1.54, 1.807) is 24.8 Å². The Morgan fingerprint density at radius 2 is 0.757 bits per heavy atom. The summed E-state index contributed by atoms with van der Waals surface area (Å²) in [6, 6.07) is 75.2. The minimum absolute atomic E-state index is 0. The van der Waals surface area contributed by atoms with Crippen molar-refractivity contribution < 1.29 is 26.0 Å². The Labute approximate surface area is 494 Å². The first kappa shape index (κ1) is 62.8. The van der Waals surface area contributed by atoms with Gasteiger partial charge in [-0.25, -0.2) is 9.97 Å². The average Bonchev–Trinajstić information content (AvgIpc) is 3.42. The van der Waals surface area contributed by atoms with E-state index in [2.05, 4.69) is 256 Å². The van der Waals surface area contributed by atoms with E-state index in [1.807, 2.05) is 30.5 Å². The van der Waals surface area contributed by atoms with Crippen LogP contribution in [0.25, 0.3) is 11.1 Å². The van der Waals surface area contributed by atoms with Gasteiger partial charge < -0.3 is 10.0 Å². The molecule has 0 saturated carbocycles. The second-order valence-corrected chi connectivity index (χ2v) is 25.2. The third-order valence-corrected chi connectivity index (χ3v) is 16.3. The van der Waals surface area contributed by atoms with Crippen LogP contribution in [-0.2, 0) is 15.9 Å². The Balaban J connectivity index is 0.000000203. The van der Waals surface area contributed by atoms with Gasteiger partial charge in [0.15, 0.2) is 0 Å². The quantitative estimate of drug-likeness (QED) is 0.0682. The van der Waals surface area contributed by atoms with Crippen molar-refractivity contribution in [1.82, 2.24) is 19.9 Å². The number of rotatable bonds is 8. The number of hydrogen-bond donors (Lipinski definition) is 2.